The molecule has 1 atom stereocenters. The molecule has 0 spiro atoms. The molecular formula is C24H27N3O3. The summed E-state index contributed by atoms with van der Waals surface area (Å²) in [4.78, 5) is 33.0. The zero-order chi connectivity index (χ0) is 20.9. The van der Waals surface area contributed by atoms with Crippen molar-refractivity contribution in [3.05, 3.63) is 60.8 Å². The number of aromatic nitrogens is 1. The van der Waals surface area contributed by atoms with Gasteiger partial charge in [-0.05, 0) is 36.6 Å². The van der Waals surface area contributed by atoms with Crippen LogP contribution in [0.4, 0.5) is 5.69 Å². The van der Waals surface area contributed by atoms with Gasteiger partial charge in [-0.25, -0.2) is 4.98 Å². The first-order valence-electron chi connectivity index (χ1n) is 10.6. The van der Waals surface area contributed by atoms with Crippen LogP contribution in [0, 0.1) is 5.92 Å². The fraction of sp³-hybridized carbons (Fsp3) is 0.375. The van der Waals surface area contributed by atoms with Gasteiger partial charge < -0.3 is 14.2 Å². The Morgan fingerprint density at radius 2 is 2.03 bits per heavy atom. The number of carbonyl (C=O) groups is 2. The van der Waals surface area contributed by atoms with E-state index in [2.05, 4.69) is 23.2 Å². The van der Waals surface area contributed by atoms with Crippen LogP contribution in [0.3, 0.4) is 0 Å². The van der Waals surface area contributed by atoms with Gasteiger partial charge in [-0.2, -0.15) is 0 Å². The van der Waals surface area contributed by atoms with E-state index in [1.807, 2.05) is 36.1 Å². The van der Waals surface area contributed by atoms with Gasteiger partial charge in [-0.3, -0.25) is 9.59 Å². The van der Waals surface area contributed by atoms with Gasteiger partial charge in [-0.1, -0.05) is 43.3 Å². The molecule has 0 aliphatic carbocycles. The Balaban J connectivity index is 1.37. The number of hydrogen-bond acceptors (Lipinski definition) is 4. The molecule has 1 aromatic heterocycles. The van der Waals surface area contributed by atoms with Crippen LogP contribution in [0.25, 0.3) is 10.8 Å². The maximum absolute atomic E-state index is 12.7. The fourth-order valence-corrected chi connectivity index (χ4v) is 4.27. The van der Waals surface area contributed by atoms with Gasteiger partial charge in [0.25, 0.3) is 5.89 Å². The molecular weight excluding hydrogens is 378 g/mol. The smallest absolute Gasteiger partial charge is 0.309 e. The minimum Gasteiger partial charge on any atom is -0.441 e. The Labute approximate surface area is 176 Å². The summed E-state index contributed by atoms with van der Waals surface area (Å²) in [5.41, 5.74) is 0.993. The lowest BCUT2D eigenvalue weighted by atomic mass is 10.0. The van der Waals surface area contributed by atoms with E-state index in [-0.39, 0.29) is 17.7 Å². The van der Waals surface area contributed by atoms with E-state index >= 15 is 0 Å². The molecule has 30 heavy (non-hydrogen) atoms. The number of oxazole rings is 1. The van der Waals surface area contributed by atoms with Gasteiger partial charge in [0.1, 0.15) is 6.26 Å². The average Bonchev–Trinajstić information content (AvgIpc) is 3.42. The Morgan fingerprint density at radius 3 is 2.83 bits per heavy atom. The van der Waals surface area contributed by atoms with Crippen LogP contribution >= 0.6 is 0 Å². The summed E-state index contributed by atoms with van der Waals surface area (Å²) in [7, 11) is 0. The average molecular weight is 405 g/mol. The minimum atomic E-state index is -0.165. The highest BCUT2D eigenvalue weighted by Gasteiger charge is 2.31. The summed E-state index contributed by atoms with van der Waals surface area (Å²) in [5, 5.41) is 2.26. The van der Waals surface area contributed by atoms with Crippen molar-refractivity contribution in [3.63, 3.8) is 0 Å². The molecule has 156 valence electrons. The first-order valence-corrected chi connectivity index (χ1v) is 10.6. The van der Waals surface area contributed by atoms with Gasteiger partial charge in [0, 0.05) is 31.4 Å². The third-order valence-electron chi connectivity index (χ3n) is 5.70. The number of anilines is 1. The van der Waals surface area contributed by atoms with E-state index in [9.17, 15) is 9.59 Å². The highest BCUT2D eigenvalue weighted by Crippen LogP contribution is 2.33. The molecule has 2 heterocycles. The fourth-order valence-electron chi connectivity index (χ4n) is 4.27. The van der Waals surface area contributed by atoms with Crippen molar-refractivity contribution >= 4 is 28.3 Å². The van der Waals surface area contributed by atoms with Crippen molar-refractivity contribution in [2.75, 3.05) is 24.5 Å². The van der Waals surface area contributed by atoms with E-state index in [1.165, 1.54) is 12.5 Å². The lowest BCUT2D eigenvalue weighted by molar-refractivity contribution is -0.117. The highest BCUT2D eigenvalue weighted by atomic mass is 16.4. The predicted molar refractivity (Wildman–Crippen MR) is 116 cm³/mol. The SMILES string of the molecule is CCCN(CCCC1CC(=O)N(c2cccc3ccccc23)C1)C(=O)c1ncco1. The molecule has 0 bridgehead atoms. The molecule has 0 saturated carbocycles. The molecule has 1 aliphatic rings. The minimum absolute atomic E-state index is 0.140. The van der Waals surface area contributed by atoms with Gasteiger partial charge in [0.2, 0.25) is 5.91 Å². The number of fused-ring (bicyclic) bond motifs is 1. The second-order valence-electron chi connectivity index (χ2n) is 7.84. The van der Waals surface area contributed by atoms with Crippen molar-refractivity contribution in [1.82, 2.24) is 9.88 Å². The Morgan fingerprint density at radius 1 is 1.20 bits per heavy atom. The highest BCUT2D eigenvalue weighted by molar-refractivity contribution is 6.04. The summed E-state index contributed by atoms with van der Waals surface area (Å²) in [6, 6.07) is 14.3. The standard InChI is InChI=1S/C24H27N3O3/c1-2-13-26(24(29)23-25-12-15-30-23)14-6-7-18-16-22(28)27(17-18)21-11-5-9-19-8-3-4-10-20(19)21/h3-5,8-12,15,18H,2,6-7,13-14,16-17H2,1H3. The van der Waals surface area contributed by atoms with Crippen molar-refractivity contribution < 1.29 is 14.0 Å². The van der Waals surface area contributed by atoms with Crippen LogP contribution in [0.5, 0.6) is 0 Å². The zero-order valence-electron chi connectivity index (χ0n) is 17.3. The van der Waals surface area contributed by atoms with Crippen molar-refractivity contribution in [2.45, 2.75) is 32.6 Å². The second kappa shape index (κ2) is 9.11. The number of benzene rings is 2. The predicted octanol–water partition coefficient (Wildman–Crippen LogP) is 4.51. The summed E-state index contributed by atoms with van der Waals surface area (Å²) in [5.74, 6) is 0.456. The molecule has 6 nitrogen and oxygen atoms in total. The first-order chi connectivity index (χ1) is 14.7. The monoisotopic (exact) mass is 405 g/mol. The normalized spacial score (nSPS) is 16.4. The molecule has 0 N–H and O–H groups in total. The molecule has 1 saturated heterocycles. The van der Waals surface area contributed by atoms with Crippen LogP contribution in [0.2, 0.25) is 0 Å². The summed E-state index contributed by atoms with van der Waals surface area (Å²) in [6.45, 7) is 4.10. The molecule has 0 radical (unpaired) electrons. The van der Waals surface area contributed by atoms with Crippen LogP contribution in [0.15, 0.2) is 59.3 Å². The van der Waals surface area contributed by atoms with Crippen molar-refractivity contribution in [3.8, 4) is 0 Å². The van der Waals surface area contributed by atoms with E-state index < -0.39 is 0 Å². The lowest BCUT2D eigenvalue weighted by Crippen LogP contribution is -2.33. The van der Waals surface area contributed by atoms with E-state index in [0.717, 1.165) is 42.3 Å². The van der Waals surface area contributed by atoms with Crippen LogP contribution < -0.4 is 4.90 Å². The number of amides is 2. The zero-order valence-corrected chi connectivity index (χ0v) is 17.3. The van der Waals surface area contributed by atoms with Crippen LogP contribution in [0.1, 0.15) is 43.3 Å². The number of carbonyl (C=O) groups excluding carboxylic acids is 2. The Bertz CT molecular complexity index is 1010. The molecule has 6 heteroatoms. The Kier molecular flexibility index (Phi) is 6.12. The quantitative estimate of drug-likeness (QED) is 0.553. The van der Waals surface area contributed by atoms with Gasteiger partial charge in [0.05, 0.1) is 11.9 Å². The van der Waals surface area contributed by atoms with Crippen LogP contribution in [-0.2, 0) is 4.79 Å². The van der Waals surface area contributed by atoms with Gasteiger partial charge >= 0.3 is 5.91 Å². The summed E-state index contributed by atoms with van der Waals surface area (Å²) >= 11 is 0. The van der Waals surface area contributed by atoms with Gasteiger partial charge in [0.15, 0.2) is 0 Å². The molecule has 4 rings (SSSR count). The maximum atomic E-state index is 12.7. The molecule has 1 aliphatic heterocycles. The third-order valence-corrected chi connectivity index (χ3v) is 5.70. The van der Waals surface area contributed by atoms with Crippen molar-refractivity contribution in [2.24, 2.45) is 5.92 Å². The molecule has 2 amide bonds. The second-order valence-corrected chi connectivity index (χ2v) is 7.84. The first kappa shape index (κ1) is 20.1. The Hall–Kier alpha value is -3.15. The number of hydrogen-bond donors (Lipinski definition) is 0. The third kappa shape index (κ3) is 4.22. The van der Waals surface area contributed by atoms with E-state index in [1.54, 1.807) is 4.90 Å². The van der Waals surface area contributed by atoms with Gasteiger partial charge in [-0.15, -0.1) is 0 Å². The van der Waals surface area contributed by atoms with E-state index in [4.69, 9.17) is 4.42 Å². The molecule has 1 unspecified atom stereocenters. The largest absolute Gasteiger partial charge is 0.441 e. The molecule has 1 fully saturated rings. The van der Waals surface area contributed by atoms with E-state index in [0.29, 0.717) is 25.4 Å². The lowest BCUT2D eigenvalue weighted by Gasteiger charge is -2.22. The molecule has 2 aromatic carbocycles. The van der Waals surface area contributed by atoms with Crippen molar-refractivity contribution in [1.29, 1.82) is 0 Å². The summed E-state index contributed by atoms with van der Waals surface area (Å²) < 4.78 is 5.16. The van der Waals surface area contributed by atoms with Crippen LogP contribution in [-0.4, -0.2) is 41.3 Å². The topological polar surface area (TPSA) is 66.7 Å². The molecule has 3 aromatic rings. The number of rotatable bonds is 8. The number of nitrogens with zero attached hydrogens (tertiary/aromatic N) is 3. The maximum Gasteiger partial charge on any atom is 0.309 e. The summed E-state index contributed by atoms with van der Waals surface area (Å²) in [6.07, 6.45) is 6.11.